The van der Waals surface area contributed by atoms with E-state index in [-0.39, 0.29) is 11.7 Å². The first-order chi connectivity index (χ1) is 10.00. The Kier molecular flexibility index (Phi) is 3.35. The molecule has 1 heterocycles. The second-order valence-electron chi connectivity index (χ2n) is 5.81. The Morgan fingerprint density at radius 2 is 1.90 bits per heavy atom. The van der Waals surface area contributed by atoms with E-state index >= 15 is 0 Å². The van der Waals surface area contributed by atoms with Gasteiger partial charge in [0.1, 0.15) is 23.8 Å². The summed E-state index contributed by atoms with van der Waals surface area (Å²) in [5, 5.41) is 3.25. The predicted molar refractivity (Wildman–Crippen MR) is 77.0 cm³/mol. The molecule has 3 rings (SSSR count). The van der Waals surface area contributed by atoms with Crippen LogP contribution in [0, 0.1) is 11.6 Å². The maximum Gasteiger partial charge on any atom is 0.130 e. The second kappa shape index (κ2) is 5.06. The fraction of sp³-hybridized carbons (Fsp3) is 0.375. The zero-order valence-electron chi connectivity index (χ0n) is 12.0. The third-order valence-corrected chi connectivity index (χ3v) is 3.84. The highest BCUT2D eigenvalue weighted by molar-refractivity contribution is 5.47. The molecule has 1 aliphatic carbocycles. The van der Waals surface area contributed by atoms with Crippen molar-refractivity contribution < 1.29 is 8.78 Å². The number of anilines is 1. The molecule has 0 radical (unpaired) electrons. The highest BCUT2D eigenvalue weighted by Crippen LogP contribution is 2.49. The van der Waals surface area contributed by atoms with Gasteiger partial charge in [0.15, 0.2) is 0 Å². The molecule has 0 saturated heterocycles. The number of aromatic nitrogens is 2. The molecular weight excluding hydrogens is 272 g/mol. The summed E-state index contributed by atoms with van der Waals surface area (Å²) >= 11 is 0. The van der Waals surface area contributed by atoms with Gasteiger partial charge in [-0.3, -0.25) is 0 Å². The quantitative estimate of drug-likeness (QED) is 0.925. The van der Waals surface area contributed by atoms with Crippen LogP contribution in [0.5, 0.6) is 0 Å². The van der Waals surface area contributed by atoms with Crippen LogP contribution in [-0.2, 0) is 5.54 Å². The summed E-state index contributed by atoms with van der Waals surface area (Å²) in [7, 11) is 0. The first-order valence-electron chi connectivity index (χ1n) is 7.06. The maximum absolute atomic E-state index is 14.0. The van der Waals surface area contributed by atoms with E-state index in [1.807, 2.05) is 19.9 Å². The zero-order valence-corrected chi connectivity index (χ0v) is 12.0. The molecule has 2 aromatic rings. The second-order valence-corrected chi connectivity index (χ2v) is 5.81. The van der Waals surface area contributed by atoms with Crippen LogP contribution in [0.25, 0.3) is 0 Å². The highest BCUT2D eigenvalue weighted by Gasteiger charge is 2.46. The number of halogens is 2. The van der Waals surface area contributed by atoms with E-state index in [1.54, 1.807) is 0 Å². The van der Waals surface area contributed by atoms with Gasteiger partial charge in [-0.1, -0.05) is 13.8 Å². The van der Waals surface area contributed by atoms with Crippen molar-refractivity contribution in [3.8, 4) is 0 Å². The predicted octanol–water partition coefficient (Wildman–Crippen LogP) is 3.98. The van der Waals surface area contributed by atoms with Crippen molar-refractivity contribution in [1.29, 1.82) is 0 Å². The Morgan fingerprint density at radius 1 is 1.14 bits per heavy atom. The molecule has 1 saturated carbocycles. The van der Waals surface area contributed by atoms with E-state index < -0.39 is 11.4 Å². The van der Waals surface area contributed by atoms with Gasteiger partial charge in [-0.2, -0.15) is 0 Å². The van der Waals surface area contributed by atoms with Crippen LogP contribution in [-0.4, -0.2) is 9.97 Å². The number of benzene rings is 1. The summed E-state index contributed by atoms with van der Waals surface area (Å²) in [6.45, 7) is 4.09. The molecule has 0 spiro atoms. The number of rotatable bonds is 4. The standard InChI is InChI=1S/C16H17F2N3/c1-10(2)14-8-15(20-9-19-14)21-16(5-6-16)12-7-11(17)3-4-13(12)18/h3-4,7-10H,5-6H2,1-2H3,(H,19,20,21). The van der Waals surface area contributed by atoms with Gasteiger partial charge in [-0.05, 0) is 37.0 Å². The summed E-state index contributed by atoms with van der Waals surface area (Å²) in [4.78, 5) is 8.39. The first kappa shape index (κ1) is 13.9. The van der Waals surface area contributed by atoms with E-state index in [0.29, 0.717) is 11.4 Å². The van der Waals surface area contributed by atoms with Crippen LogP contribution in [0.4, 0.5) is 14.6 Å². The van der Waals surface area contributed by atoms with Gasteiger partial charge in [0.05, 0.1) is 5.54 Å². The summed E-state index contributed by atoms with van der Waals surface area (Å²) in [5.74, 6) is 0.119. The van der Waals surface area contributed by atoms with Crippen LogP contribution in [0.3, 0.4) is 0 Å². The van der Waals surface area contributed by atoms with Crippen molar-refractivity contribution in [3.63, 3.8) is 0 Å². The van der Waals surface area contributed by atoms with Gasteiger partial charge >= 0.3 is 0 Å². The molecular formula is C16H17F2N3. The van der Waals surface area contributed by atoms with E-state index in [9.17, 15) is 8.78 Å². The zero-order chi connectivity index (χ0) is 15.0. The monoisotopic (exact) mass is 289 g/mol. The van der Waals surface area contributed by atoms with Crippen molar-refractivity contribution in [2.75, 3.05) is 5.32 Å². The van der Waals surface area contributed by atoms with Crippen molar-refractivity contribution in [1.82, 2.24) is 9.97 Å². The Labute approximate surface area is 122 Å². The number of hydrogen-bond donors (Lipinski definition) is 1. The van der Waals surface area contributed by atoms with Gasteiger partial charge in [-0.15, -0.1) is 0 Å². The van der Waals surface area contributed by atoms with E-state index in [2.05, 4.69) is 15.3 Å². The molecule has 1 aliphatic rings. The van der Waals surface area contributed by atoms with Crippen LogP contribution in [0.2, 0.25) is 0 Å². The number of nitrogens with one attached hydrogen (secondary N) is 1. The molecule has 3 nitrogen and oxygen atoms in total. The van der Waals surface area contributed by atoms with Crippen molar-refractivity contribution in [2.45, 2.75) is 38.1 Å². The minimum absolute atomic E-state index is 0.287. The Hall–Kier alpha value is -2.04. The Bertz CT molecular complexity index is 666. The topological polar surface area (TPSA) is 37.8 Å². The Balaban J connectivity index is 1.90. The fourth-order valence-corrected chi connectivity index (χ4v) is 2.45. The lowest BCUT2D eigenvalue weighted by Crippen LogP contribution is -2.21. The molecule has 1 fully saturated rings. The molecule has 0 bridgehead atoms. The normalized spacial score (nSPS) is 16.0. The summed E-state index contributed by atoms with van der Waals surface area (Å²) < 4.78 is 27.4. The van der Waals surface area contributed by atoms with Gasteiger partial charge < -0.3 is 5.32 Å². The Morgan fingerprint density at radius 3 is 2.57 bits per heavy atom. The van der Waals surface area contributed by atoms with Crippen molar-refractivity contribution in [3.05, 3.63) is 53.5 Å². The molecule has 1 aromatic heterocycles. The largest absolute Gasteiger partial charge is 0.360 e. The van der Waals surface area contributed by atoms with Crippen LogP contribution in [0.15, 0.2) is 30.6 Å². The molecule has 0 amide bonds. The molecule has 0 aliphatic heterocycles. The molecule has 5 heteroatoms. The minimum atomic E-state index is -0.547. The highest BCUT2D eigenvalue weighted by atomic mass is 19.1. The number of nitrogens with zero attached hydrogens (tertiary/aromatic N) is 2. The molecule has 1 N–H and O–H groups in total. The molecule has 0 atom stereocenters. The summed E-state index contributed by atoms with van der Waals surface area (Å²) in [6, 6.07) is 5.43. The van der Waals surface area contributed by atoms with Gasteiger partial charge in [0.25, 0.3) is 0 Å². The fourth-order valence-electron chi connectivity index (χ4n) is 2.45. The van der Waals surface area contributed by atoms with E-state index in [0.717, 1.165) is 24.6 Å². The average molecular weight is 289 g/mol. The first-order valence-corrected chi connectivity index (χ1v) is 7.06. The lowest BCUT2D eigenvalue weighted by molar-refractivity contribution is 0.567. The van der Waals surface area contributed by atoms with Crippen molar-refractivity contribution >= 4 is 5.82 Å². The minimum Gasteiger partial charge on any atom is -0.360 e. The molecule has 110 valence electrons. The van der Waals surface area contributed by atoms with Crippen LogP contribution < -0.4 is 5.32 Å². The summed E-state index contributed by atoms with van der Waals surface area (Å²) in [6.07, 6.45) is 3.01. The van der Waals surface area contributed by atoms with E-state index in [1.165, 1.54) is 18.5 Å². The molecule has 0 unspecified atom stereocenters. The summed E-state index contributed by atoms with van der Waals surface area (Å²) in [5.41, 5.74) is 0.740. The van der Waals surface area contributed by atoms with Gasteiger partial charge in [-0.25, -0.2) is 18.7 Å². The van der Waals surface area contributed by atoms with Crippen LogP contribution in [0.1, 0.15) is 43.9 Å². The third kappa shape index (κ3) is 2.73. The third-order valence-electron chi connectivity index (χ3n) is 3.84. The molecule has 21 heavy (non-hydrogen) atoms. The van der Waals surface area contributed by atoms with E-state index in [4.69, 9.17) is 0 Å². The lowest BCUT2D eigenvalue weighted by Gasteiger charge is -2.20. The SMILES string of the molecule is CC(C)c1cc(NC2(c3cc(F)ccc3F)CC2)ncn1. The average Bonchev–Trinajstić information content (AvgIpc) is 3.22. The number of hydrogen-bond acceptors (Lipinski definition) is 3. The lowest BCUT2D eigenvalue weighted by atomic mass is 10.0. The van der Waals surface area contributed by atoms with Crippen LogP contribution >= 0.6 is 0 Å². The smallest absolute Gasteiger partial charge is 0.130 e. The van der Waals surface area contributed by atoms with Gasteiger partial charge in [0, 0.05) is 17.3 Å². The maximum atomic E-state index is 14.0. The van der Waals surface area contributed by atoms with Gasteiger partial charge in [0.2, 0.25) is 0 Å². The molecule has 1 aromatic carbocycles. The van der Waals surface area contributed by atoms with Crippen molar-refractivity contribution in [2.24, 2.45) is 0 Å².